The lowest BCUT2D eigenvalue weighted by atomic mass is 10.1. The van der Waals surface area contributed by atoms with Crippen LogP contribution in [0.4, 0.5) is 0 Å². The van der Waals surface area contributed by atoms with Gasteiger partial charge in [-0.1, -0.05) is 11.6 Å². The maximum absolute atomic E-state index is 12.0. The third kappa shape index (κ3) is 2.52. The van der Waals surface area contributed by atoms with Crippen molar-refractivity contribution in [1.82, 2.24) is 9.55 Å². The largest absolute Gasteiger partial charge is 0.317 e. The molecule has 0 aliphatic carbocycles. The molecular weight excluding hydrogens is 240 g/mol. The summed E-state index contributed by atoms with van der Waals surface area (Å²) in [4.78, 5) is 26.3. The lowest BCUT2D eigenvalue weighted by Gasteiger charge is -2.10. The van der Waals surface area contributed by atoms with Crippen molar-refractivity contribution in [1.29, 1.82) is 0 Å². The van der Waals surface area contributed by atoms with Gasteiger partial charge in [0.15, 0.2) is 0 Å². The minimum absolute atomic E-state index is 0.421. The Morgan fingerprint density at radius 2 is 1.84 bits per heavy atom. The fourth-order valence-corrected chi connectivity index (χ4v) is 1.99. The highest BCUT2D eigenvalue weighted by Gasteiger charge is 2.08. The smallest absolute Gasteiger partial charge is 0.316 e. The Kier molecular flexibility index (Phi) is 3.42. The zero-order valence-electron chi connectivity index (χ0n) is 11.7. The standard InChI is InChI=1S/C15H18N2O2/c1-9(2)5-6-17-13-8-11(4)10(3)7-12(13)16-14(18)15(17)19/h5,7-8H,6H2,1-4H3,(H,16,18). The second-order valence-electron chi connectivity index (χ2n) is 5.10. The molecule has 1 heterocycles. The minimum Gasteiger partial charge on any atom is -0.316 e. The normalized spacial score (nSPS) is 10.7. The fraction of sp³-hybridized carbons (Fsp3) is 0.333. The summed E-state index contributed by atoms with van der Waals surface area (Å²) in [7, 11) is 0. The van der Waals surface area contributed by atoms with Crippen LogP contribution in [0.1, 0.15) is 25.0 Å². The first-order chi connectivity index (χ1) is 8.90. The van der Waals surface area contributed by atoms with Crippen LogP contribution in [0.15, 0.2) is 33.4 Å². The Labute approximate surface area is 111 Å². The lowest BCUT2D eigenvalue weighted by Crippen LogP contribution is -2.36. The molecule has 0 fully saturated rings. The van der Waals surface area contributed by atoms with Crippen LogP contribution in [0.3, 0.4) is 0 Å². The monoisotopic (exact) mass is 258 g/mol. The molecule has 2 rings (SSSR count). The second-order valence-corrected chi connectivity index (χ2v) is 5.10. The molecule has 0 amide bonds. The number of allylic oxidation sites excluding steroid dienone is 2. The molecule has 0 aliphatic heterocycles. The van der Waals surface area contributed by atoms with Crippen LogP contribution < -0.4 is 11.1 Å². The van der Waals surface area contributed by atoms with E-state index in [1.54, 1.807) is 0 Å². The molecule has 1 aromatic heterocycles. The molecule has 0 spiro atoms. The van der Waals surface area contributed by atoms with Gasteiger partial charge in [0, 0.05) is 6.54 Å². The van der Waals surface area contributed by atoms with Crippen molar-refractivity contribution in [2.24, 2.45) is 0 Å². The Bertz CT molecular complexity index is 775. The molecule has 19 heavy (non-hydrogen) atoms. The minimum atomic E-state index is -0.571. The van der Waals surface area contributed by atoms with E-state index in [9.17, 15) is 9.59 Å². The summed E-state index contributed by atoms with van der Waals surface area (Å²) >= 11 is 0. The molecular formula is C15H18N2O2. The number of aromatic amines is 1. The van der Waals surface area contributed by atoms with Crippen molar-refractivity contribution in [3.8, 4) is 0 Å². The first kappa shape index (κ1) is 13.3. The number of nitrogens with one attached hydrogen (secondary N) is 1. The number of aromatic nitrogens is 2. The number of nitrogens with zero attached hydrogens (tertiary/aromatic N) is 1. The van der Waals surface area contributed by atoms with Crippen molar-refractivity contribution in [2.75, 3.05) is 0 Å². The van der Waals surface area contributed by atoms with Gasteiger partial charge in [0.1, 0.15) is 0 Å². The lowest BCUT2D eigenvalue weighted by molar-refractivity contribution is 0.790. The highest BCUT2D eigenvalue weighted by Crippen LogP contribution is 2.15. The van der Waals surface area contributed by atoms with Crippen LogP contribution >= 0.6 is 0 Å². The van der Waals surface area contributed by atoms with Crippen LogP contribution in [-0.2, 0) is 6.54 Å². The van der Waals surface area contributed by atoms with E-state index in [1.165, 1.54) is 4.57 Å². The molecule has 0 aliphatic rings. The van der Waals surface area contributed by atoms with Crippen LogP contribution in [-0.4, -0.2) is 9.55 Å². The zero-order chi connectivity index (χ0) is 14.2. The molecule has 2 aromatic rings. The van der Waals surface area contributed by atoms with Gasteiger partial charge in [-0.15, -0.1) is 0 Å². The van der Waals surface area contributed by atoms with Crippen molar-refractivity contribution in [3.05, 3.63) is 55.6 Å². The van der Waals surface area contributed by atoms with E-state index >= 15 is 0 Å². The average Bonchev–Trinajstić information content (AvgIpc) is 2.32. The molecule has 1 N–H and O–H groups in total. The summed E-state index contributed by atoms with van der Waals surface area (Å²) in [5.74, 6) is 0. The molecule has 4 nitrogen and oxygen atoms in total. The van der Waals surface area contributed by atoms with Crippen LogP contribution in [0.25, 0.3) is 11.0 Å². The Hall–Kier alpha value is -2.10. The maximum atomic E-state index is 12.0. The van der Waals surface area contributed by atoms with E-state index < -0.39 is 11.1 Å². The van der Waals surface area contributed by atoms with Gasteiger partial charge in [-0.3, -0.25) is 14.2 Å². The number of fused-ring (bicyclic) bond motifs is 1. The Balaban J connectivity index is 2.82. The first-order valence-electron chi connectivity index (χ1n) is 6.27. The quantitative estimate of drug-likeness (QED) is 0.663. The number of H-pyrrole nitrogens is 1. The maximum Gasteiger partial charge on any atom is 0.317 e. The van der Waals surface area contributed by atoms with Gasteiger partial charge in [-0.25, -0.2) is 0 Å². The van der Waals surface area contributed by atoms with E-state index in [2.05, 4.69) is 4.98 Å². The molecule has 0 atom stereocenters. The van der Waals surface area contributed by atoms with Gasteiger partial charge in [0.05, 0.1) is 11.0 Å². The number of rotatable bonds is 2. The SMILES string of the molecule is CC(C)=CCn1c(=O)c(=O)[nH]c2cc(C)c(C)cc21. The predicted octanol–water partition coefficient (Wildman–Crippen LogP) is 2.27. The van der Waals surface area contributed by atoms with E-state index in [4.69, 9.17) is 0 Å². The molecule has 0 radical (unpaired) electrons. The van der Waals surface area contributed by atoms with Crippen LogP contribution in [0.2, 0.25) is 0 Å². The third-order valence-electron chi connectivity index (χ3n) is 3.27. The summed E-state index contributed by atoms with van der Waals surface area (Å²) in [6.45, 7) is 8.34. The van der Waals surface area contributed by atoms with Gasteiger partial charge in [-0.05, 0) is 51.0 Å². The second kappa shape index (κ2) is 4.88. The highest BCUT2D eigenvalue weighted by molar-refractivity contribution is 5.76. The molecule has 4 heteroatoms. The van der Waals surface area contributed by atoms with Crippen molar-refractivity contribution in [2.45, 2.75) is 34.2 Å². The predicted molar refractivity (Wildman–Crippen MR) is 77.7 cm³/mol. The van der Waals surface area contributed by atoms with Gasteiger partial charge in [0.2, 0.25) is 0 Å². The van der Waals surface area contributed by atoms with Gasteiger partial charge in [0.25, 0.3) is 0 Å². The van der Waals surface area contributed by atoms with Crippen LogP contribution in [0.5, 0.6) is 0 Å². The third-order valence-corrected chi connectivity index (χ3v) is 3.27. The van der Waals surface area contributed by atoms with Crippen LogP contribution in [0, 0.1) is 13.8 Å². The number of aryl methyl sites for hydroxylation is 2. The number of hydrogen-bond acceptors (Lipinski definition) is 2. The fourth-order valence-electron chi connectivity index (χ4n) is 1.99. The van der Waals surface area contributed by atoms with E-state index in [-0.39, 0.29) is 0 Å². The molecule has 0 unspecified atom stereocenters. The topological polar surface area (TPSA) is 54.9 Å². The first-order valence-corrected chi connectivity index (χ1v) is 6.27. The van der Waals surface area contributed by atoms with E-state index in [0.717, 1.165) is 22.2 Å². The van der Waals surface area contributed by atoms with E-state index in [0.29, 0.717) is 12.1 Å². The molecule has 0 saturated carbocycles. The Morgan fingerprint density at radius 3 is 2.47 bits per heavy atom. The van der Waals surface area contributed by atoms with Gasteiger partial charge >= 0.3 is 11.1 Å². The zero-order valence-corrected chi connectivity index (χ0v) is 11.7. The number of benzene rings is 1. The summed E-state index contributed by atoms with van der Waals surface area (Å²) in [5.41, 5.74) is 3.70. The average molecular weight is 258 g/mol. The number of hydrogen-bond donors (Lipinski definition) is 1. The van der Waals surface area contributed by atoms with Crippen molar-refractivity contribution >= 4 is 11.0 Å². The van der Waals surface area contributed by atoms with Gasteiger partial charge in [-0.2, -0.15) is 0 Å². The van der Waals surface area contributed by atoms with Crippen molar-refractivity contribution in [3.63, 3.8) is 0 Å². The summed E-state index contributed by atoms with van der Waals surface area (Å²) in [6, 6.07) is 3.85. The summed E-state index contributed by atoms with van der Waals surface area (Å²) in [6.07, 6.45) is 1.94. The van der Waals surface area contributed by atoms with Gasteiger partial charge < -0.3 is 4.98 Å². The summed E-state index contributed by atoms with van der Waals surface area (Å²) in [5, 5.41) is 0. The molecule has 0 bridgehead atoms. The highest BCUT2D eigenvalue weighted by atomic mass is 16.2. The van der Waals surface area contributed by atoms with Crippen molar-refractivity contribution < 1.29 is 0 Å². The molecule has 0 saturated heterocycles. The molecule has 1 aromatic carbocycles. The Morgan fingerprint density at radius 1 is 1.21 bits per heavy atom. The summed E-state index contributed by atoms with van der Waals surface area (Å²) < 4.78 is 1.52. The molecule has 100 valence electrons. The van der Waals surface area contributed by atoms with E-state index in [1.807, 2.05) is 45.9 Å².